The number of para-hydroxylation sites is 1. The molecule has 4 heteroatoms. The zero-order chi connectivity index (χ0) is 13.9. The normalized spacial score (nSPS) is 16.9. The fourth-order valence-electron chi connectivity index (χ4n) is 3.18. The number of halogens is 1. The van der Waals surface area contributed by atoms with E-state index in [0.717, 1.165) is 24.4 Å². The van der Waals surface area contributed by atoms with Gasteiger partial charge in [-0.1, -0.05) is 18.6 Å². The lowest BCUT2D eigenvalue weighted by molar-refractivity contribution is 0.221. The van der Waals surface area contributed by atoms with Gasteiger partial charge < -0.3 is 9.47 Å². The van der Waals surface area contributed by atoms with Crippen LogP contribution in [0.15, 0.2) is 18.2 Å². The first kappa shape index (κ1) is 13.9. The Balaban J connectivity index is 1.85. The number of hydrogen-bond acceptors (Lipinski definition) is 2. The Hall–Kier alpha value is -1.06. The summed E-state index contributed by atoms with van der Waals surface area (Å²) < 4.78 is 2.31. The molecule has 1 fully saturated rings. The van der Waals surface area contributed by atoms with Crippen LogP contribution in [-0.2, 0) is 12.4 Å². The van der Waals surface area contributed by atoms with Crippen LogP contribution in [0.5, 0.6) is 0 Å². The third-order valence-corrected chi connectivity index (χ3v) is 4.49. The average Bonchev–Trinajstić information content (AvgIpc) is 2.85. The van der Waals surface area contributed by atoms with Gasteiger partial charge in [0.25, 0.3) is 0 Å². The third-order valence-electron chi connectivity index (χ3n) is 4.26. The van der Waals surface area contributed by atoms with Crippen molar-refractivity contribution in [2.75, 3.05) is 19.6 Å². The van der Waals surface area contributed by atoms with Crippen molar-refractivity contribution in [3.63, 3.8) is 0 Å². The molecule has 0 aliphatic carbocycles. The van der Waals surface area contributed by atoms with Crippen LogP contribution in [0.2, 0.25) is 0 Å². The van der Waals surface area contributed by atoms with Crippen LogP contribution >= 0.6 is 11.6 Å². The molecule has 1 aromatic carbocycles. The van der Waals surface area contributed by atoms with Crippen molar-refractivity contribution in [1.82, 2.24) is 14.5 Å². The number of aryl methyl sites for hydroxylation is 1. The van der Waals surface area contributed by atoms with Gasteiger partial charge in [0.15, 0.2) is 0 Å². The van der Waals surface area contributed by atoms with Gasteiger partial charge in [-0.15, -0.1) is 11.6 Å². The number of benzene rings is 1. The van der Waals surface area contributed by atoms with Gasteiger partial charge in [0.05, 0.1) is 16.9 Å². The van der Waals surface area contributed by atoms with Crippen LogP contribution in [-0.4, -0.2) is 34.1 Å². The number of fused-ring (bicyclic) bond motifs is 1. The van der Waals surface area contributed by atoms with Crippen LogP contribution in [0.1, 0.15) is 30.7 Å². The second-order valence-electron chi connectivity index (χ2n) is 5.66. The smallest absolute Gasteiger partial charge is 0.124 e. The summed E-state index contributed by atoms with van der Waals surface area (Å²) in [5.74, 6) is 1.47. The molecule has 0 spiro atoms. The molecule has 1 aliphatic heterocycles. The fraction of sp³-hybridized carbons (Fsp3) is 0.562. The van der Waals surface area contributed by atoms with Crippen LogP contribution in [0.25, 0.3) is 11.0 Å². The molecular formula is C16H22ClN3. The average molecular weight is 292 g/mol. The molecule has 0 radical (unpaired) electrons. The molecule has 1 aromatic heterocycles. The summed E-state index contributed by atoms with van der Waals surface area (Å²) in [6.45, 7) is 6.72. The Morgan fingerprint density at radius 2 is 1.95 bits per heavy atom. The highest BCUT2D eigenvalue weighted by atomic mass is 35.5. The van der Waals surface area contributed by atoms with Crippen molar-refractivity contribution in [2.45, 2.75) is 38.6 Å². The van der Waals surface area contributed by atoms with E-state index in [1.165, 1.54) is 43.4 Å². The van der Waals surface area contributed by atoms with Gasteiger partial charge in [-0.2, -0.15) is 0 Å². The molecule has 2 aromatic rings. The van der Waals surface area contributed by atoms with Gasteiger partial charge in [0.2, 0.25) is 0 Å². The summed E-state index contributed by atoms with van der Waals surface area (Å²) in [4.78, 5) is 7.23. The molecule has 0 atom stereocenters. The van der Waals surface area contributed by atoms with Crippen molar-refractivity contribution in [2.24, 2.45) is 0 Å². The predicted octanol–water partition coefficient (Wildman–Crippen LogP) is 3.57. The minimum absolute atomic E-state index is 0.480. The van der Waals surface area contributed by atoms with E-state index in [1.807, 2.05) is 0 Å². The highest BCUT2D eigenvalue weighted by molar-refractivity contribution is 6.16. The Labute approximate surface area is 125 Å². The Bertz CT molecular complexity index is 585. The van der Waals surface area contributed by atoms with Crippen molar-refractivity contribution < 1.29 is 0 Å². The highest BCUT2D eigenvalue weighted by Crippen LogP contribution is 2.21. The molecular weight excluding hydrogens is 270 g/mol. The molecule has 3 rings (SSSR count). The second kappa shape index (κ2) is 6.15. The van der Waals surface area contributed by atoms with Crippen LogP contribution in [0.3, 0.4) is 0 Å². The molecule has 20 heavy (non-hydrogen) atoms. The van der Waals surface area contributed by atoms with Gasteiger partial charge >= 0.3 is 0 Å². The molecule has 0 amide bonds. The number of likely N-dealkylation sites (tertiary alicyclic amines) is 1. The quantitative estimate of drug-likeness (QED) is 0.803. The first-order valence-corrected chi connectivity index (χ1v) is 8.06. The lowest BCUT2D eigenvalue weighted by Crippen LogP contribution is -2.32. The number of hydrogen-bond donors (Lipinski definition) is 0. The van der Waals surface area contributed by atoms with E-state index in [4.69, 9.17) is 11.6 Å². The molecule has 0 N–H and O–H groups in total. The van der Waals surface area contributed by atoms with Gasteiger partial charge in [-0.25, -0.2) is 4.98 Å². The summed E-state index contributed by atoms with van der Waals surface area (Å²) in [6.07, 6.45) is 4.06. The molecule has 1 saturated heterocycles. The number of alkyl halides is 1. The Morgan fingerprint density at radius 1 is 1.15 bits per heavy atom. The molecule has 1 aliphatic rings. The standard InChI is InChI=1S/C16H22ClN3/c1-13-6-5-7-14-16(13)20(15(12-17)18-14)11-10-19-8-3-2-4-9-19/h5-7H,2-4,8-12H2,1H3. The van der Waals surface area contributed by atoms with Gasteiger partial charge in [0.1, 0.15) is 5.82 Å². The lowest BCUT2D eigenvalue weighted by atomic mass is 10.1. The summed E-state index contributed by atoms with van der Waals surface area (Å²) in [5, 5.41) is 0. The first-order chi connectivity index (χ1) is 9.79. The third kappa shape index (κ3) is 2.70. The van der Waals surface area contributed by atoms with E-state index < -0.39 is 0 Å². The topological polar surface area (TPSA) is 21.1 Å². The van der Waals surface area contributed by atoms with Crippen molar-refractivity contribution >= 4 is 22.6 Å². The maximum atomic E-state index is 6.08. The van der Waals surface area contributed by atoms with E-state index in [1.54, 1.807) is 0 Å². The van der Waals surface area contributed by atoms with E-state index in [9.17, 15) is 0 Å². The molecule has 108 valence electrons. The van der Waals surface area contributed by atoms with Crippen LogP contribution in [0, 0.1) is 6.92 Å². The summed E-state index contributed by atoms with van der Waals surface area (Å²) in [6, 6.07) is 6.30. The summed E-state index contributed by atoms with van der Waals surface area (Å²) in [5.41, 5.74) is 3.60. The van der Waals surface area contributed by atoms with E-state index >= 15 is 0 Å². The maximum Gasteiger partial charge on any atom is 0.124 e. The lowest BCUT2D eigenvalue weighted by Gasteiger charge is -2.26. The van der Waals surface area contributed by atoms with E-state index in [2.05, 4.69) is 39.6 Å². The molecule has 0 saturated carbocycles. The summed E-state index contributed by atoms with van der Waals surface area (Å²) in [7, 11) is 0. The molecule has 0 bridgehead atoms. The van der Waals surface area contributed by atoms with Crippen LogP contribution in [0.4, 0.5) is 0 Å². The molecule has 0 unspecified atom stereocenters. The first-order valence-electron chi connectivity index (χ1n) is 7.52. The Kier molecular flexibility index (Phi) is 4.27. The zero-order valence-electron chi connectivity index (χ0n) is 12.1. The monoisotopic (exact) mass is 291 g/mol. The predicted molar refractivity (Wildman–Crippen MR) is 84.3 cm³/mol. The number of piperidine rings is 1. The zero-order valence-corrected chi connectivity index (χ0v) is 12.9. The summed E-state index contributed by atoms with van der Waals surface area (Å²) >= 11 is 6.08. The minimum atomic E-state index is 0.480. The van der Waals surface area contributed by atoms with Crippen LogP contribution < -0.4 is 0 Å². The van der Waals surface area contributed by atoms with Gasteiger partial charge in [-0.3, -0.25) is 0 Å². The molecule has 3 nitrogen and oxygen atoms in total. The van der Waals surface area contributed by atoms with Crippen molar-refractivity contribution in [1.29, 1.82) is 0 Å². The second-order valence-corrected chi connectivity index (χ2v) is 5.93. The number of aromatic nitrogens is 2. The number of rotatable bonds is 4. The largest absolute Gasteiger partial charge is 0.325 e. The van der Waals surface area contributed by atoms with Crippen molar-refractivity contribution in [3.8, 4) is 0 Å². The van der Waals surface area contributed by atoms with E-state index in [-0.39, 0.29) is 0 Å². The van der Waals surface area contributed by atoms with Crippen molar-refractivity contribution in [3.05, 3.63) is 29.6 Å². The number of nitrogens with zero attached hydrogens (tertiary/aromatic N) is 3. The van der Waals surface area contributed by atoms with Gasteiger partial charge in [-0.05, 0) is 44.5 Å². The SMILES string of the molecule is Cc1cccc2nc(CCl)n(CCN3CCCCC3)c12. The Morgan fingerprint density at radius 3 is 2.70 bits per heavy atom. The fourth-order valence-corrected chi connectivity index (χ4v) is 3.38. The van der Waals surface area contributed by atoms with Gasteiger partial charge in [0, 0.05) is 13.1 Å². The molecule has 2 heterocycles. The minimum Gasteiger partial charge on any atom is -0.325 e. The number of imidazole rings is 1. The highest BCUT2D eigenvalue weighted by Gasteiger charge is 2.14. The van der Waals surface area contributed by atoms with E-state index in [0.29, 0.717) is 5.88 Å². The maximum absolute atomic E-state index is 6.08.